The fourth-order valence-electron chi connectivity index (χ4n) is 1.03. The van der Waals surface area contributed by atoms with Gasteiger partial charge in [0.05, 0.1) is 0 Å². The molecule has 1 aromatic rings. The van der Waals surface area contributed by atoms with Crippen molar-refractivity contribution in [3.05, 3.63) is 29.8 Å². The quantitative estimate of drug-likeness (QED) is 0.797. The Morgan fingerprint density at radius 3 is 1.81 bits per heavy atom. The molecular formula is C14H25NO. The van der Waals surface area contributed by atoms with Crippen LogP contribution in [0.3, 0.4) is 0 Å². The fraction of sp³-hybridized carbons (Fsp3) is 0.500. The second kappa shape index (κ2) is 11.8. The Morgan fingerprint density at radius 2 is 1.50 bits per heavy atom. The van der Waals surface area contributed by atoms with Crippen molar-refractivity contribution in [2.24, 2.45) is 0 Å². The maximum atomic E-state index is 10.7. The van der Waals surface area contributed by atoms with Gasteiger partial charge >= 0.3 is 0 Å². The number of carbonyl (C=O) groups is 1. The maximum Gasteiger partial charge on any atom is 0.221 e. The largest absolute Gasteiger partial charge is 0.326 e. The lowest BCUT2D eigenvalue weighted by Crippen LogP contribution is -2.05. The van der Waals surface area contributed by atoms with Crippen molar-refractivity contribution < 1.29 is 4.79 Å². The normalized spacial score (nSPS) is 7.88. The molecule has 0 aromatic heterocycles. The molecule has 0 aliphatic rings. The molecule has 92 valence electrons. The third-order valence-corrected chi connectivity index (χ3v) is 1.68. The SMILES string of the molecule is CC.CC.CCc1ccc(NC(C)=O)cc1. The van der Waals surface area contributed by atoms with E-state index in [2.05, 4.69) is 12.2 Å². The van der Waals surface area contributed by atoms with Gasteiger partial charge in [0.1, 0.15) is 0 Å². The number of nitrogens with one attached hydrogen (secondary N) is 1. The van der Waals surface area contributed by atoms with E-state index in [1.807, 2.05) is 52.0 Å². The van der Waals surface area contributed by atoms with Crippen LogP contribution in [-0.4, -0.2) is 5.91 Å². The molecule has 0 saturated heterocycles. The van der Waals surface area contributed by atoms with Gasteiger partial charge in [-0.3, -0.25) is 4.79 Å². The van der Waals surface area contributed by atoms with E-state index >= 15 is 0 Å². The monoisotopic (exact) mass is 223 g/mol. The lowest BCUT2D eigenvalue weighted by atomic mass is 10.1. The Morgan fingerprint density at radius 1 is 1.06 bits per heavy atom. The van der Waals surface area contributed by atoms with Gasteiger partial charge in [0.25, 0.3) is 0 Å². The Balaban J connectivity index is 0. The summed E-state index contributed by atoms with van der Waals surface area (Å²) in [7, 11) is 0. The molecule has 1 aromatic carbocycles. The van der Waals surface area contributed by atoms with Crippen LogP contribution in [0.4, 0.5) is 5.69 Å². The molecule has 0 aliphatic heterocycles. The van der Waals surface area contributed by atoms with Crippen LogP contribution in [-0.2, 0) is 11.2 Å². The Kier molecular flexibility index (Phi) is 12.6. The van der Waals surface area contributed by atoms with Gasteiger partial charge in [-0.25, -0.2) is 0 Å². The summed E-state index contributed by atoms with van der Waals surface area (Å²) in [6.07, 6.45) is 1.03. The van der Waals surface area contributed by atoms with Gasteiger partial charge in [-0.2, -0.15) is 0 Å². The summed E-state index contributed by atoms with van der Waals surface area (Å²) < 4.78 is 0. The van der Waals surface area contributed by atoms with Crippen LogP contribution in [0.15, 0.2) is 24.3 Å². The number of amides is 1. The van der Waals surface area contributed by atoms with Crippen molar-refractivity contribution in [2.45, 2.75) is 48.0 Å². The number of aryl methyl sites for hydroxylation is 1. The van der Waals surface area contributed by atoms with E-state index in [1.54, 1.807) is 0 Å². The minimum atomic E-state index is -0.0285. The molecule has 0 spiro atoms. The molecule has 2 heteroatoms. The smallest absolute Gasteiger partial charge is 0.221 e. The first-order chi connectivity index (χ1) is 7.72. The molecule has 0 fully saturated rings. The topological polar surface area (TPSA) is 29.1 Å². The lowest BCUT2D eigenvalue weighted by molar-refractivity contribution is -0.114. The molecule has 1 rings (SSSR count). The summed E-state index contributed by atoms with van der Waals surface area (Å²) in [5.74, 6) is -0.0285. The van der Waals surface area contributed by atoms with E-state index in [0.717, 1.165) is 12.1 Å². The summed E-state index contributed by atoms with van der Waals surface area (Å²) in [5.41, 5.74) is 2.14. The predicted octanol–water partition coefficient (Wildman–Crippen LogP) is 4.26. The lowest BCUT2D eigenvalue weighted by Gasteiger charge is -2.01. The van der Waals surface area contributed by atoms with E-state index in [-0.39, 0.29) is 5.91 Å². The first kappa shape index (κ1) is 17.1. The molecule has 1 N–H and O–H groups in total. The second-order valence-electron chi connectivity index (χ2n) is 2.73. The fourth-order valence-corrected chi connectivity index (χ4v) is 1.03. The Hall–Kier alpha value is -1.31. The number of carbonyl (C=O) groups excluding carboxylic acids is 1. The molecule has 0 aliphatic carbocycles. The van der Waals surface area contributed by atoms with Crippen LogP contribution in [0.5, 0.6) is 0 Å². The van der Waals surface area contributed by atoms with Crippen LogP contribution in [0, 0.1) is 0 Å². The standard InChI is InChI=1S/C10H13NO.2C2H6/c1-3-9-4-6-10(7-5-9)11-8(2)12;2*1-2/h4-7H,3H2,1-2H3,(H,11,12);2*1-2H3. The van der Waals surface area contributed by atoms with E-state index in [1.165, 1.54) is 12.5 Å². The van der Waals surface area contributed by atoms with Crippen molar-refractivity contribution in [2.75, 3.05) is 5.32 Å². The highest BCUT2D eigenvalue weighted by Crippen LogP contribution is 2.09. The average Bonchev–Trinajstić information content (AvgIpc) is 2.34. The number of hydrogen-bond donors (Lipinski definition) is 1. The zero-order chi connectivity index (χ0) is 13.0. The highest BCUT2D eigenvalue weighted by molar-refractivity contribution is 5.88. The van der Waals surface area contributed by atoms with Gasteiger partial charge in [0.15, 0.2) is 0 Å². The summed E-state index contributed by atoms with van der Waals surface area (Å²) in [5, 5.41) is 2.72. The van der Waals surface area contributed by atoms with Gasteiger partial charge in [0, 0.05) is 12.6 Å². The summed E-state index contributed by atoms with van der Waals surface area (Å²) in [6, 6.07) is 7.87. The highest BCUT2D eigenvalue weighted by atomic mass is 16.1. The van der Waals surface area contributed by atoms with Crippen molar-refractivity contribution in [1.29, 1.82) is 0 Å². The zero-order valence-electron chi connectivity index (χ0n) is 11.4. The van der Waals surface area contributed by atoms with E-state index in [4.69, 9.17) is 0 Å². The Labute approximate surface area is 100 Å². The van der Waals surface area contributed by atoms with Crippen LogP contribution < -0.4 is 5.32 Å². The van der Waals surface area contributed by atoms with Crippen LogP contribution in [0.25, 0.3) is 0 Å². The molecule has 1 amide bonds. The molecule has 0 heterocycles. The third-order valence-electron chi connectivity index (χ3n) is 1.68. The highest BCUT2D eigenvalue weighted by Gasteiger charge is 1.93. The molecule has 0 atom stereocenters. The predicted molar refractivity (Wildman–Crippen MR) is 72.8 cm³/mol. The van der Waals surface area contributed by atoms with Crippen LogP contribution in [0.2, 0.25) is 0 Å². The first-order valence-corrected chi connectivity index (χ1v) is 6.09. The molecular weight excluding hydrogens is 198 g/mol. The number of anilines is 1. The molecule has 0 saturated carbocycles. The molecule has 0 bridgehead atoms. The summed E-state index contributed by atoms with van der Waals surface area (Å²) >= 11 is 0. The van der Waals surface area contributed by atoms with Crippen LogP contribution >= 0.6 is 0 Å². The van der Waals surface area contributed by atoms with Gasteiger partial charge in [-0.05, 0) is 24.1 Å². The number of hydrogen-bond acceptors (Lipinski definition) is 1. The Bertz CT molecular complexity index is 265. The third kappa shape index (κ3) is 8.04. The molecule has 0 unspecified atom stereocenters. The van der Waals surface area contributed by atoms with Gasteiger partial charge in [-0.15, -0.1) is 0 Å². The minimum absolute atomic E-state index is 0.0285. The van der Waals surface area contributed by atoms with Crippen molar-refractivity contribution in [1.82, 2.24) is 0 Å². The van der Waals surface area contributed by atoms with Crippen molar-refractivity contribution >= 4 is 11.6 Å². The van der Waals surface area contributed by atoms with E-state index in [9.17, 15) is 4.79 Å². The van der Waals surface area contributed by atoms with E-state index < -0.39 is 0 Å². The summed E-state index contributed by atoms with van der Waals surface area (Å²) in [6.45, 7) is 11.6. The van der Waals surface area contributed by atoms with Gasteiger partial charge in [-0.1, -0.05) is 46.8 Å². The van der Waals surface area contributed by atoms with Crippen LogP contribution in [0.1, 0.15) is 47.1 Å². The number of rotatable bonds is 2. The molecule has 16 heavy (non-hydrogen) atoms. The first-order valence-electron chi connectivity index (χ1n) is 6.09. The molecule has 0 radical (unpaired) electrons. The van der Waals surface area contributed by atoms with Gasteiger partial charge in [0.2, 0.25) is 5.91 Å². The van der Waals surface area contributed by atoms with E-state index in [0.29, 0.717) is 0 Å². The van der Waals surface area contributed by atoms with Crippen molar-refractivity contribution in [3.8, 4) is 0 Å². The maximum absolute atomic E-state index is 10.7. The second-order valence-corrected chi connectivity index (χ2v) is 2.73. The average molecular weight is 223 g/mol. The van der Waals surface area contributed by atoms with Crippen molar-refractivity contribution in [3.63, 3.8) is 0 Å². The summed E-state index contributed by atoms with van der Waals surface area (Å²) in [4.78, 5) is 10.7. The van der Waals surface area contributed by atoms with Gasteiger partial charge < -0.3 is 5.32 Å². The zero-order valence-corrected chi connectivity index (χ0v) is 11.4. The molecule has 2 nitrogen and oxygen atoms in total. The number of benzene rings is 1. The minimum Gasteiger partial charge on any atom is -0.326 e.